The average molecular weight is 299 g/mol. The fourth-order valence-electron chi connectivity index (χ4n) is 3.91. The van der Waals surface area contributed by atoms with Crippen LogP contribution in [0, 0.1) is 5.92 Å². The Bertz CT molecular complexity index is 654. The van der Waals surface area contributed by atoms with Crippen LogP contribution in [-0.2, 0) is 11.2 Å². The molecule has 22 heavy (non-hydrogen) atoms. The van der Waals surface area contributed by atoms with Crippen LogP contribution in [0.25, 0.3) is 11.2 Å². The molecule has 0 radical (unpaired) electrons. The molecule has 2 N–H and O–H groups in total. The minimum atomic E-state index is 0.0460. The van der Waals surface area contributed by atoms with Gasteiger partial charge in [-0.15, -0.1) is 0 Å². The number of carbonyl (C=O) groups excluding carboxylic acids is 1. The van der Waals surface area contributed by atoms with E-state index in [0.717, 1.165) is 5.52 Å². The fraction of sp³-hybridized carbons (Fsp3) is 0.562. The number of amides is 1. The fourth-order valence-corrected chi connectivity index (χ4v) is 3.91. The lowest BCUT2D eigenvalue weighted by molar-refractivity contribution is -0.123. The van der Waals surface area contributed by atoms with E-state index in [-0.39, 0.29) is 18.4 Å². The van der Waals surface area contributed by atoms with Crippen molar-refractivity contribution in [2.75, 3.05) is 13.1 Å². The molecule has 3 aliphatic heterocycles. The first-order valence-electron chi connectivity index (χ1n) is 8.04. The van der Waals surface area contributed by atoms with Crippen molar-refractivity contribution in [3.05, 3.63) is 24.2 Å². The van der Waals surface area contributed by atoms with Gasteiger partial charge in [-0.25, -0.2) is 9.97 Å². The zero-order chi connectivity index (χ0) is 15.1. The monoisotopic (exact) mass is 299 g/mol. The van der Waals surface area contributed by atoms with Gasteiger partial charge in [-0.1, -0.05) is 0 Å². The van der Waals surface area contributed by atoms with Crippen LogP contribution >= 0.6 is 0 Å². The summed E-state index contributed by atoms with van der Waals surface area (Å²) in [5.41, 5.74) is 1.54. The van der Waals surface area contributed by atoms with Crippen LogP contribution in [0.3, 0.4) is 0 Å². The number of aromatic nitrogens is 3. The van der Waals surface area contributed by atoms with Gasteiger partial charge in [0.2, 0.25) is 5.91 Å². The molecule has 2 aromatic rings. The second kappa shape index (κ2) is 5.35. The van der Waals surface area contributed by atoms with E-state index in [1.165, 1.54) is 25.9 Å². The summed E-state index contributed by atoms with van der Waals surface area (Å²) in [4.78, 5) is 26.6. The molecule has 0 unspecified atom stereocenters. The molecule has 5 heterocycles. The number of carbonyl (C=O) groups is 1. The molecule has 6 heteroatoms. The summed E-state index contributed by atoms with van der Waals surface area (Å²) in [5, 5.41) is 3.23. The molecular weight excluding hydrogens is 278 g/mol. The molecule has 0 spiro atoms. The van der Waals surface area contributed by atoms with Crippen LogP contribution in [0.15, 0.2) is 18.3 Å². The largest absolute Gasteiger partial charge is 0.351 e. The van der Waals surface area contributed by atoms with E-state index in [2.05, 4.69) is 32.1 Å². The minimum Gasteiger partial charge on any atom is -0.351 e. The third-order valence-electron chi connectivity index (χ3n) is 5.14. The first-order chi connectivity index (χ1) is 10.7. The highest BCUT2D eigenvalue weighted by Gasteiger charge is 2.40. The van der Waals surface area contributed by atoms with Crippen molar-refractivity contribution >= 4 is 17.1 Å². The summed E-state index contributed by atoms with van der Waals surface area (Å²) in [7, 11) is 0. The zero-order valence-electron chi connectivity index (χ0n) is 12.7. The maximum Gasteiger partial charge on any atom is 0.227 e. The SMILES string of the molecule is C[C@@H]1[C@H](NC(=O)Cc2nc3ncccc3[nH]2)C2CCN1CC2. The molecule has 5 rings (SSSR count). The van der Waals surface area contributed by atoms with E-state index in [9.17, 15) is 4.79 Å². The molecule has 2 aromatic heterocycles. The Balaban J connectivity index is 1.44. The van der Waals surface area contributed by atoms with Crippen LogP contribution in [0.4, 0.5) is 0 Å². The number of imidazole rings is 1. The topological polar surface area (TPSA) is 73.9 Å². The molecule has 6 nitrogen and oxygen atoms in total. The summed E-state index contributed by atoms with van der Waals surface area (Å²) in [6.45, 7) is 4.57. The molecule has 116 valence electrons. The Labute approximate surface area is 129 Å². The summed E-state index contributed by atoms with van der Waals surface area (Å²) < 4.78 is 0. The molecule has 2 atom stereocenters. The van der Waals surface area contributed by atoms with E-state index in [4.69, 9.17) is 0 Å². The van der Waals surface area contributed by atoms with Gasteiger partial charge in [0.15, 0.2) is 5.65 Å². The maximum absolute atomic E-state index is 12.4. The molecular formula is C16H21N5O. The predicted molar refractivity (Wildman–Crippen MR) is 83.3 cm³/mol. The van der Waals surface area contributed by atoms with E-state index >= 15 is 0 Å². The highest BCUT2D eigenvalue weighted by molar-refractivity contribution is 5.79. The van der Waals surface area contributed by atoms with Gasteiger partial charge in [0.05, 0.1) is 11.9 Å². The molecule has 3 aliphatic rings. The van der Waals surface area contributed by atoms with Crippen LogP contribution < -0.4 is 5.32 Å². The highest BCUT2D eigenvalue weighted by Crippen LogP contribution is 2.32. The van der Waals surface area contributed by atoms with Crippen LogP contribution in [0.2, 0.25) is 0 Å². The van der Waals surface area contributed by atoms with Gasteiger partial charge >= 0.3 is 0 Å². The number of nitrogens with one attached hydrogen (secondary N) is 2. The maximum atomic E-state index is 12.4. The number of nitrogens with zero attached hydrogens (tertiary/aromatic N) is 3. The Kier molecular flexibility index (Phi) is 3.33. The third-order valence-corrected chi connectivity index (χ3v) is 5.14. The quantitative estimate of drug-likeness (QED) is 0.890. The van der Waals surface area contributed by atoms with Gasteiger partial charge < -0.3 is 10.3 Å². The van der Waals surface area contributed by atoms with Crippen LogP contribution in [-0.4, -0.2) is 50.9 Å². The minimum absolute atomic E-state index is 0.0460. The van der Waals surface area contributed by atoms with Crippen molar-refractivity contribution in [3.8, 4) is 0 Å². The molecule has 0 saturated carbocycles. The highest BCUT2D eigenvalue weighted by atomic mass is 16.1. The summed E-state index contributed by atoms with van der Waals surface area (Å²) in [6, 6.07) is 4.50. The number of hydrogen-bond acceptors (Lipinski definition) is 4. The Morgan fingerprint density at radius 3 is 3.00 bits per heavy atom. The summed E-state index contributed by atoms with van der Waals surface area (Å²) in [6.07, 6.45) is 4.39. The third kappa shape index (κ3) is 2.37. The van der Waals surface area contributed by atoms with Crippen molar-refractivity contribution in [3.63, 3.8) is 0 Å². The number of aromatic amines is 1. The van der Waals surface area contributed by atoms with E-state index in [0.29, 0.717) is 23.4 Å². The second-order valence-electron chi connectivity index (χ2n) is 6.44. The van der Waals surface area contributed by atoms with E-state index < -0.39 is 0 Å². The van der Waals surface area contributed by atoms with Crippen molar-refractivity contribution < 1.29 is 4.79 Å². The van der Waals surface area contributed by atoms with Gasteiger partial charge in [0.25, 0.3) is 0 Å². The molecule has 0 aliphatic carbocycles. The Morgan fingerprint density at radius 1 is 1.45 bits per heavy atom. The number of pyridine rings is 1. The standard InChI is InChI=1S/C16H21N5O/c1-10-15(11-4-7-21(10)8-5-11)20-14(22)9-13-18-12-3-2-6-17-16(12)19-13/h2-3,6,10-11,15H,4-5,7-9H2,1H3,(H,20,22)(H,17,18,19)/t10-,15+/m1/s1. The molecule has 3 saturated heterocycles. The number of rotatable bonds is 3. The Morgan fingerprint density at radius 2 is 2.27 bits per heavy atom. The first-order valence-corrected chi connectivity index (χ1v) is 8.04. The molecule has 1 amide bonds. The first kappa shape index (κ1) is 13.7. The van der Waals surface area contributed by atoms with Gasteiger partial charge in [-0.05, 0) is 50.9 Å². The van der Waals surface area contributed by atoms with Crippen molar-refractivity contribution in [2.24, 2.45) is 5.92 Å². The molecule has 3 fully saturated rings. The van der Waals surface area contributed by atoms with Gasteiger partial charge in [0, 0.05) is 18.3 Å². The van der Waals surface area contributed by atoms with Crippen molar-refractivity contribution in [2.45, 2.75) is 38.3 Å². The average Bonchev–Trinajstić information content (AvgIpc) is 2.93. The van der Waals surface area contributed by atoms with Gasteiger partial charge in [-0.3, -0.25) is 9.69 Å². The lowest BCUT2D eigenvalue weighted by Crippen LogP contribution is -2.62. The van der Waals surface area contributed by atoms with E-state index in [1.807, 2.05) is 12.1 Å². The smallest absolute Gasteiger partial charge is 0.227 e. The van der Waals surface area contributed by atoms with Gasteiger partial charge in [-0.2, -0.15) is 0 Å². The summed E-state index contributed by atoms with van der Waals surface area (Å²) >= 11 is 0. The number of piperidine rings is 3. The predicted octanol–water partition coefficient (Wildman–Crippen LogP) is 1.10. The zero-order valence-corrected chi connectivity index (χ0v) is 12.7. The lowest BCUT2D eigenvalue weighted by atomic mass is 9.79. The normalized spacial score (nSPS) is 30.6. The van der Waals surface area contributed by atoms with Gasteiger partial charge in [0.1, 0.15) is 5.82 Å². The van der Waals surface area contributed by atoms with Crippen molar-refractivity contribution in [1.82, 2.24) is 25.2 Å². The van der Waals surface area contributed by atoms with Crippen LogP contribution in [0.5, 0.6) is 0 Å². The number of fused-ring (bicyclic) bond motifs is 4. The van der Waals surface area contributed by atoms with Crippen molar-refractivity contribution in [1.29, 1.82) is 0 Å². The molecule has 2 bridgehead atoms. The Hall–Kier alpha value is -1.95. The number of H-pyrrole nitrogens is 1. The summed E-state index contributed by atoms with van der Waals surface area (Å²) in [5.74, 6) is 1.35. The van der Waals surface area contributed by atoms with Crippen LogP contribution in [0.1, 0.15) is 25.6 Å². The lowest BCUT2D eigenvalue weighted by Gasteiger charge is -2.49. The van der Waals surface area contributed by atoms with E-state index in [1.54, 1.807) is 6.20 Å². The molecule has 0 aromatic carbocycles. The number of hydrogen-bond donors (Lipinski definition) is 2. The second-order valence-corrected chi connectivity index (χ2v) is 6.44.